The molecule has 0 atom stereocenters. The van der Waals surface area contributed by atoms with Gasteiger partial charge >= 0.3 is 0 Å². The molecular weight excluding hydrogens is 238 g/mol. The van der Waals surface area contributed by atoms with Gasteiger partial charge in [0.05, 0.1) is 0 Å². The van der Waals surface area contributed by atoms with Crippen LogP contribution in [0.4, 0.5) is 5.69 Å². The third-order valence-electron chi connectivity index (χ3n) is 3.40. The van der Waals surface area contributed by atoms with Gasteiger partial charge in [-0.2, -0.15) is 0 Å². The number of likely N-dealkylation sites (tertiary alicyclic amines) is 1. The molecule has 1 heterocycles. The van der Waals surface area contributed by atoms with Gasteiger partial charge in [0.1, 0.15) is 0 Å². The molecule has 4 nitrogen and oxygen atoms in total. The van der Waals surface area contributed by atoms with Gasteiger partial charge in [-0.05, 0) is 56.8 Å². The fourth-order valence-electron chi connectivity index (χ4n) is 2.24. The standard InChI is InChI=1S/C15H21N3O/c1-18-9-7-14(8-10-18)17-15(19)6-5-12-3-2-4-13(16)11-12/h2-6,11,14H,7-10,16H2,1H3,(H,17,19)/b6-5+. The molecule has 102 valence electrons. The summed E-state index contributed by atoms with van der Waals surface area (Å²) in [6.45, 7) is 2.09. The first-order valence-electron chi connectivity index (χ1n) is 6.66. The summed E-state index contributed by atoms with van der Waals surface area (Å²) in [5.74, 6) is -0.0306. The Morgan fingerprint density at radius 2 is 2.16 bits per heavy atom. The Balaban J connectivity index is 1.84. The van der Waals surface area contributed by atoms with Crippen LogP contribution in [0.1, 0.15) is 18.4 Å². The Morgan fingerprint density at radius 1 is 1.42 bits per heavy atom. The first-order chi connectivity index (χ1) is 9.13. The van der Waals surface area contributed by atoms with Crippen molar-refractivity contribution in [1.82, 2.24) is 10.2 Å². The summed E-state index contributed by atoms with van der Waals surface area (Å²) in [4.78, 5) is 14.1. The number of amides is 1. The third kappa shape index (κ3) is 4.41. The van der Waals surface area contributed by atoms with E-state index in [1.54, 1.807) is 12.2 Å². The number of benzene rings is 1. The number of nitrogens with zero attached hydrogens (tertiary/aromatic N) is 1. The van der Waals surface area contributed by atoms with E-state index in [0.29, 0.717) is 11.7 Å². The zero-order valence-corrected chi connectivity index (χ0v) is 11.3. The summed E-state index contributed by atoms with van der Waals surface area (Å²) in [5, 5.41) is 3.04. The molecule has 0 spiro atoms. The van der Waals surface area contributed by atoms with Crippen molar-refractivity contribution >= 4 is 17.7 Å². The quantitative estimate of drug-likeness (QED) is 0.639. The van der Waals surface area contributed by atoms with Crippen molar-refractivity contribution in [3.8, 4) is 0 Å². The smallest absolute Gasteiger partial charge is 0.244 e. The molecule has 2 rings (SSSR count). The lowest BCUT2D eigenvalue weighted by Gasteiger charge is -2.29. The van der Waals surface area contributed by atoms with Crippen LogP contribution in [0, 0.1) is 0 Å². The fourth-order valence-corrected chi connectivity index (χ4v) is 2.24. The Hall–Kier alpha value is -1.81. The van der Waals surface area contributed by atoms with E-state index in [1.807, 2.05) is 24.3 Å². The highest BCUT2D eigenvalue weighted by Crippen LogP contribution is 2.09. The van der Waals surface area contributed by atoms with Crippen LogP contribution in [-0.2, 0) is 4.79 Å². The molecule has 1 aromatic rings. The molecule has 0 aromatic heterocycles. The number of nitrogens with one attached hydrogen (secondary N) is 1. The molecular formula is C15H21N3O. The molecule has 0 bridgehead atoms. The van der Waals surface area contributed by atoms with E-state index in [-0.39, 0.29) is 5.91 Å². The lowest BCUT2D eigenvalue weighted by molar-refractivity contribution is -0.117. The maximum absolute atomic E-state index is 11.8. The van der Waals surface area contributed by atoms with E-state index in [2.05, 4.69) is 17.3 Å². The van der Waals surface area contributed by atoms with E-state index < -0.39 is 0 Å². The Labute approximate surface area is 114 Å². The second kappa shape index (κ2) is 6.38. The summed E-state index contributed by atoms with van der Waals surface area (Å²) >= 11 is 0. The van der Waals surface area contributed by atoms with Gasteiger partial charge in [0.25, 0.3) is 0 Å². The van der Waals surface area contributed by atoms with Crippen LogP contribution < -0.4 is 11.1 Å². The summed E-state index contributed by atoms with van der Waals surface area (Å²) in [5.41, 5.74) is 7.34. The highest BCUT2D eigenvalue weighted by Gasteiger charge is 2.17. The van der Waals surface area contributed by atoms with Crippen molar-refractivity contribution in [3.63, 3.8) is 0 Å². The van der Waals surface area contributed by atoms with E-state index in [1.165, 1.54) is 0 Å². The third-order valence-corrected chi connectivity index (χ3v) is 3.40. The van der Waals surface area contributed by atoms with Crippen LogP contribution in [-0.4, -0.2) is 37.0 Å². The maximum atomic E-state index is 11.8. The molecule has 0 radical (unpaired) electrons. The van der Waals surface area contributed by atoms with Gasteiger partial charge < -0.3 is 16.0 Å². The van der Waals surface area contributed by atoms with Gasteiger partial charge in [-0.1, -0.05) is 12.1 Å². The van der Waals surface area contributed by atoms with Crippen molar-refractivity contribution in [2.45, 2.75) is 18.9 Å². The number of carbonyl (C=O) groups excluding carboxylic acids is 1. The number of hydrogen-bond acceptors (Lipinski definition) is 3. The Bertz CT molecular complexity index is 462. The van der Waals surface area contributed by atoms with Crippen molar-refractivity contribution in [2.75, 3.05) is 25.9 Å². The van der Waals surface area contributed by atoms with Crippen LogP contribution in [0.5, 0.6) is 0 Å². The topological polar surface area (TPSA) is 58.4 Å². The minimum Gasteiger partial charge on any atom is -0.399 e. The fraction of sp³-hybridized carbons (Fsp3) is 0.400. The summed E-state index contributed by atoms with van der Waals surface area (Å²) in [7, 11) is 2.11. The lowest BCUT2D eigenvalue weighted by atomic mass is 10.1. The van der Waals surface area contributed by atoms with Crippen LogP contribution in [0.3, 0.4) is 0 Å². The van der Waals surface area contributed by atoms with Crippen LogP contribution in [0.25, 0.3) is 6.08 Å². The Morgan fingerprint density at radius 3 is 2.84 bits per heavy atom. The largest absolute Gasteiger partial charge is 0.399 e. The first kappa shape index (κ1) is 13.6. The van der Waals surface area contributed by atoms with Crippen molar-refractivity contribution < 1.29 is 4.79 Å². The zero-order chi connectivity index (χ0) is 13.7. The van der Waals surface area contributed by atoms with Crippen LogP contribution in [0.2, 0.25) is 0 Å². The average molecular weight is 259 g/mol. The van der Waals surface area contributed by atoms with Gasteiger partial charge in [-0.3, -0.25) is 4.79 Å². The maximum Gasteiger partial charge on any atom is 0.244 e. The molecule has 4 heteroatoms. The van der Waals surface area contributed by atoms with Gasteiger partial charge in [-0.25, -0.2) is 0 Å². The van der Waals surface area contributed by atoms with Crippen molar-refractivity contribution in [2.24, 2.45) is 0 Å². The molecule has 1 aromatic carbocycles. The first-order valence-corrected chi connectivity index (χ1v) is 6.66. The highest BCUT2D eigenvalue weighted by atomic mass is 16.1. The number of nitrogen functional groups attached to an aromatic ring is 1. The monoisotopic (exact) mass is 259 g/mol. The molecule has 0 saturated carbocycles. The summed E-state index contributed by atoms with van der Waals surface area (Å²) in [6, 6.07) is 7.78. The number of rotatable bonds is 3. The predicted molar refractivity (Wildman–Crippen MR) is 78.6 cm³/mol. The van der Waals surface area contributed by atoms with E-state index >= 15 is 0 Å². The molecule has 19 heavy (non-hydrogen) atoms. The molecule has 1 aliphatic heterocycles. The van der Waals surface area contributed by atoms with E-state index in [4.69, 9.17) is 5.73 Å². The number of piperidine rings is 1. The average Bonchev–Trinajstić information content (AvgIpc) is 2.39. The predicted octanol–water partition coefficient (Wildman–Crippen LogP) is 1.49. The summed E-state index contributed by atoms with van der Waals surface area (Å²) in [6.07, 6.45) is 5.41. The number of nitrogens with two attached hydrogens (primary N) is 1. The van der Waals surface area contributed by atoms with Crippen LogP contribution >= 0.6 is 0 Å². The SMILES string of the molecule is CN1CCC(NC(=O)/C=C/c2cccc(N)c2)CC1. The number of hydrogen-bond donors (Lipinski definition) is 2. The van der Waals surface area contributed by atoms with Gasteiger partial charge in [0.15, 0.2) is 0 Å². The second-order valence-corrected chi connectivity index (χ2v) is 5.09. The number of carbonyl (C=O) groups is 1. The molecule has 3 N–H and O–H groups in total. The van der Waals surface area contributed by atoms with E-state index in [9.17, 15) is 4.79 Å². The molecule has 0 unspecified atom stereocenters. The van der Waals surface area contributed by atoms with Crippen molar-refractivity contribution in [1.29, 1.82) is 0 Å². The van der Waals surface area contributed by atoms with Gasteiger partial charge in [0, 0.05) is 17.8 Å². The normalized spacial score (nSPS) is 17.7. The zero-order valence-electron chi connectivity index (χ0n) is 11.3. The minimum absolute atomic E-state index is 0.0306. The highest BCUT2D eigenvalue weighted by molar-refractivity contribution is 5.92. The van der Waals surface area contributed by atoms with Crippen LogP contribution in [0.15, 0.2) is 30.3 Å². The van der Waals surface area contributed by atoms with Crippen molar-refractivity contribution in [3.05, 3.63) is 35.9 Å². The second-order valence-electron chi connectivity index (χ2n) is 5.09. The Kier molecular flexibility index (Phi) is 4.58. The van der Waals surface area contributed by atoms with Gasteiger partial charge in [-0.15, -0.1) is 0 Å². The minimum atomic E-state index is -0.0306. The lowest BCUT2D eigenvalue weighted by Crippen LogP contribution is -2.42. The molecule has 1 saturated heterocycles. The molecule has 1 aliphatic rings. The summed E-state index contributed by atoms with van der Waals surface area (Å²) < 4.78 is 0. The van der Waals surface area contributed by atoms with Gasteiger partial charge in [0.2, 0.25) is 5.91 Å². The molecule has 1 amide bonds. The number of anilines is 1. The van der Waals surface area contributed by atoms with E-state index in [0.717, 1.165) is 31.5 Å². The molecule has 1 fully saturated rings. The molecule has 0 aliphatic carbocycles.